The third kappa shape index (κ3) is 2.28. The van der Waals surface area contributed by atoms with E-state index in [1.807, 2.05) is 0 Å². The monoisotopic (exact) mass is 240 g/mol. The molecule has 1 aliphatic heterocycles. The molecular weight excluding hydrogens is 224 g/mol. The average Bonchev–Trinajstić information content (AvgIpc) is 2.60. The molecule has 16 heavy (non-hydrogen) atoms. The van der Waals surface area contributed by atoms with Crippen LogP contribution in [0.25, 0.3) is 0 Å². The van der Waals surface area contributed by atoms with Crippen molar-refractivity contribution in [2.45, 2.75) is 13.0 Å². The SMILES string of the molecule is CC1CN(c2cncc(Cl)n2)CC1N(C)C. The minimum absolute atomic E-state index is 0.457. The number of aromatic nitrogens is 2. The molecule has 1 aliphatic rings. The summed E-state index contributed by atoms with van der Waals surface area (Å²) < 4.78 is 0. The number of halogens is 1. The van der Waals surface area contributed by atoms with E-state index in [1.165, 1.54) is 0 Å². The van der Waals surface area contributed by atoms with Crippen LogP contribution in [0.2, 0.25) is 5.15 Å². The van der Waals surface area contributed by atoms with Gasteiger partial charge in [-0.2, -0.15) is 0 Å². The van der Waals surface area contributed by atoms with Gasteiger partial charge in [0.15, 0.2) is 0 Å². The second kappa shape index (κ2) is 4.55. The van der Waals surface area contributed by atoms with E-state index < -0.39 is 0 Å². The van der Waals surface area contributed by atoms with Crippen LogP contribution in [0.5, 0.6) is 0 Å². The summed E-state index contributed by atoms with van der Waals surface area (Å²) in [5.41, 5.74) is 0. The Bertz CT molecular complexity index is 369. The van der Waals surface area contributed by atoms with Crippen molar-refractivity contribution in [2.75, 3.05) is 32.1 Å². The topological polar surface area (TPSA) is 32.3 Å². The normalized spacial score (nSPS) is 25.4. The lowest BCUT2D eigenvalue weighted by molar-refractivity contribution is 0.266. The van der Waals surface area contributed by atoms with Crippen molar-refractivity contribution >= 4 is 17.4 Å². The highest BCUT2D eigenvalue weighted by Crippen LogP contribution is 2.24. The quantitative estimate of drug-likeness (QED) is 0.785. The first-order valence-corrected chi connectivity index (χ1v) is 5.84. The fourth-order valence-corrected chi connectivity index (χ4v) is 2.44. The van der Waals surface area contributed by atoms with E-state index in [9.17, 15) is 0 Å². The first-order chi connectivity index (χ1) is 7.58. The first-order valence-electron chi connectivity index (χ1n) is 5.47. The third-order valence-electron chi connectivity index (χ3n) is 3.15. The van der Waals surface area contributed by atoms with Gasteiger partial charge in [-0.1, -0.05) is 18.5 Å². The van der Waals surface area contributed by atoms with Gasteiger partial charge in [-0.15, -0.1) is 0 Å². The van der Waals surface area contributed by atoms with E-state index in [2.05, 4.69) is 40.8 Å². The van der Waals surface area contributed by atoms with Crippen molar-refractivity contribution in [1.29, 1.82) is 0 Å². The van der Waals surface area contributed by atoms with Gasteiger partial charge in [0.25, 0.3) is 0 Å². The molecule has 0 bridgehead atoms. The molecule has 0 amide bonds. The molecule has 1 fully saturated rings. The summed E-state index contributed by atoms with van der Waals surface area (Å²) >= 11 is 5.85. The maximum absolute atomic E-state index is 5.85. The number of anilines is 1. The first kappa shape index (κ1) is 11.6. The Morgan fingerprint density at radius 2 is 2.12 bits per heavy atom. The van der Waals surface area contributed by atoms with Crippen LogP contribution in [-0.4, -0.2) is 48.1 Å². The molecule has 1 aromatic heterocycles. The predicted octanol–water partition coefficient (Wildman–Crippen LogP) is 1.52. The molecule has 0 radical (unpaired) electrons. The van der Waals surface area contributed by atoms with E-state index in [-0.39, 0.29) is 0 Å². The molecule has 0 spiro atoms. The molecule has 0 saturated carbocycles. The Balaban J connectivity index is 2.13. The summed E-state index contributed by atoms with van der Waals surface area (Å²) in [6.45, 7) is 4.27. The van der Waals surface area contributed by atoms with Crippen LogP contribution in [-0.2, 0) is 0 Å². The number of hydrogen-bond acceptors (Lipinski definition) is 4. The van der Waals surface area contributed by atoms with E-state index in [0.29, 0.717) is 17.1 Å². The molecule has 1 saturated heterocycles. The van der Waals surface area contributed by atoms with Gasteiger partial charge >= 0.3 is 0 Å². The molecule has 2 heterocycles. The standard InChI is InChI=1S/C11H17ClN4/c1-8-6-16(7-9(8)15(2)3)11-5-13-4-10(12)14-11/h4-5,8-9H,6-7H2,1-3H3. The zero-order valence-corrected chi connectivity index (χ0v) is 10.6. The van der Waals surface area contributed by atoms with E-state index in [1.54, 1.807) is 12.4 Å². The molecule has 0 aliphatic carbocycles. The summed E-state index contributed by atoms with van der Waals surface area (Å²) in [4.78, 5) is 12.9. The Morgan fingerprint density at radius 1 is 1.38 bits per heavy atom. The van der Waals surface area contributed by atoms with Crippen LogP contribution >= 0.6 is 11.6 Å². The van der Waals surface area contributed by atoms with Crippen LogP contribution < -0.4 is 4.90 Å². The van der Waals surface area contributed by atoms with Crippen LogP contribution in [0.1, 0.15) is 6.92 Å². The fourth-order valence-electron chi connectivity index (χ4n) is 2.29. The summed E-state index contributed by atoms with van der Waals surface area (Å²) in [5, 5.41) is 0.457. The van der Waals surface area contributed by atoms with Crippen molar-refractivity contribution in [3.63, 3.8) is 0 Å². The Kier molecular flexibility index (Phi) is 3.30. The lowest BCUT2D eigenvalue weighted by Crippen LogP contribution is -2.34. The Morgan fingerprint density at radius 3 is 2.69 bits per heavy atom. The molecule has 4 nitrogen and oxygen atoms in total. The molecule has 5 heteroatoms. The maximum atomic E-state index is 5.85. The summed E-state index contributed by atoms with van der Waals surface area (Å²) in [5.74, 6) is 1.51. The highest BCUT2D eigenvalue weighted by atomic mass is 35.5. The number of likely N-dealkylation sites (N-methyl/N-ethyl adjacent to an activating group) is 1. The minimum atomic E-state index is 0.457. The van der Waals surface area contributed by atoms with Crippen molar-refractivity contribution in [3.8, 4) is 0 Å². The summed E-state index contributed by atoms with van der Waals surface area (Å²) in [6.07, 6.45) is 3.34. The van der Waals surface area contributed by atoms with E-state index in [0.717, 1.165) is 18.9 Å². The lowest BCUT2D eigenvalue weighted by Gasteiger charge is -2.22. The minimum Gasteiger partial charge on any atom is -0.353 e. The average molecular weight is 241 g/mol. The van der Waals surface area contributed by atoms with Gasteiger partial charge in [-0.25, -0.2) is 4.98 Å². The molecular formula is C11H17ClN4. The maximum Gasteiger partial charge on any atom is 0.149 e. The molecule has 2 rings (SSSR count). The van der Waals surface area contributed by atoms with Gasteiger partial charge in [0.1, 0.15) is 11.0 Å². The van der Waals surface area contributed by atoms with Crippen molar-refractivity contribution in [3.05, 3.63) is 17.5 Å². The molecule has 2 atom stereocenters. The number of nitrogens with zero attached hydrogens (tertiary/aromatic N) is 4. The highest BCUT2D eigenvalue weighted by Gasteiger charge is 2.31. The Hall–Kier alpha value is -0.870. The molecule has 0 N–H and O–H groups in total. The molecule has 88 valence electrons. The summed E-state index contributed by atoms with van der Waals surface area (Å²) in [6, 6.07) is 0.570. The van der Waals surface area contributed by atoms with Gasteiger partial charge < -0.3 is 9.80 Å². The zero-order chi connectivity index (χ0) is 11.7. The van der Waals surface area contributed by atoms with Crippen LogP contribution in [0, 0.1) is 5.92 Å². The van der Waals surface area contributed by atoms with E-state index in [4.69, 9.17) is 11.6 Å². The molecule has 2 unspecified atom stereocenters. The van der Waals surface area contributed by atoms with E-state index >= 15 is 0 Å². The number of hydrogen-bond donors (Lipinski definition) is 0. The largest absolute Gasteiger partial charge is 0.353 e. The van der Waals surface area contributed by atoms with Gasteiger partial charge in [-0.3, -0.25) is 4.98 Å². The molecule has 0 aromatic carbocycles. The smallest absolute Gasteiger partial charge is 0.149 e. The van der Waals surface area contributed by atoms with Gasteiger partial charge in [0, 0.05) is 19.1 Å². The Labute approximate surface area is 101 Å². The number of rotatable bonds is 2. The predicted molar refractivity (Wildman–Crippen MR) is 65.9 cm³/mol. The van der Waals surface area contributed by atoms with Gasteiger partial charge in [0.05, 0.1) is 12.4 Å². The van der Waals surface area contributed by atoms with Crippen molar-refractivity contribution in [2.24, 2.45) is 5.92 Å². The van der Waals surface area contributed by atoms with Gasteiger partial charge in [0.2, 0.25) is 0 Å². The third-order valence-corrected chi connectivity index (χ3v) is 3.33. The zero-order valence-electron chi connectivity index (χ0n) is 9.89. The lowest BCUT2D eigenvalue weighted by atomic mass is 10.1. The van der Waals surface area contributed by atoms with Crippen LogP contribution in [0.15, 0.2) is 12.4 Å². The second-order valence-electron chi connectivity index (χ2n) is 4.61. The fraction of sp³-hybridized carbons (Fsp3) is 0.636. The van der Waals surface area contributed by atoms with Crippen molar-refractivity contribution in [1.82, 2.24) is 14.9 Å². The molecule has 1 aromatic rings. The second-order valence-corrected chi connectivity index (χ2v) is 5.00. The van der Waals surface area contributed by atoms with Gasteiger partial charge in [-0.05, 0) is 20.0 Å². The van der Waals surface area contributed by atoms with Crippen LogP contribution in [0.4, 0.5) is 5.82 Å². The highest BCUT2D eigenvalue weighted by molar-refractivity contribution is 6.29. The van der Waals surface area contributed by atoms with Crippen molar-refractivity contribution < 1.29 is 0 Å². The van der Waals surface area contributed by atoms with Crippen LogP contribution in [0.3, 0.4) is 0 Å². The summed E-state index contributed by atoms with van der Waals surface area (Å²) in [7, 11) is 4.24.